The van der Waals surface area contributed by atoms with Crippen molar-refractivity contribution in [1.29, 1.82) is 0 Å². The van der Waals surface area contributed by atoms with Crippen molar-refractivity contribution in [1.82, 2.24) is 10.2 Å². The standard InChI is InChI=1S/C20H30N2O4/c1-14(15-6-4-3-5-7-15)21-20(24)10-17-8-9-18-19(26-17)13-25-12-16(23)11-22(18)2/h3-7,14,16-19,23H,8-13H2,1-2H3,(H,21,24)/t14-,16+,17-,18-,19+/m0/s1. The van der Waals surface area contributed by atoms with Gasteiger partial charge in [0.15, 0.2) is 0 Å². The zero-order valence-corrected chi connectivity index (χ0v) is 15.6. The SMILES string of the molecule is C[C@H](NC(=O)C[C@@H]1CC[C@H]2[C@@H](COC[C@H](O)CN2C)O1)c1ccccc1. The van der Waals surface area contributed by atoms with Gasteiger partial charge in [0.25, 0.3) is 0 Å². The first-order valence-electron chi connectivity index (χ1n) is 9.48. The summed E-state index contributed by atoms with van der Waals surface area (Å²) in [5, 5.41) is 12.9. The topological polar surface area (TPSA) is 71.0 Å². The fourth-order valence-corrected chi connectivity index (χ4v) is 3.93. The first-order chi connectivity index (χ1) is 12.5. The number of fused-ring (bicyclic) bond motifs is 1. The van der Waals surface area contributed by atoms with Crippen molar-refractivity contribution in [3.63, 3.8) is 0 Å². The Bertz CT molecular complexity index is 582. The lowest BCUT2D eigenvalue weighted by Crippen LogP contribution is -2.54. The molecular weight excluding hydrogens is 332 g/mol. The number of nitrogens with one attached hydrogen (secondary N) is 1. The molecule has 1 amide bonds. The van der Waals surface area contributed by atoms with E-state index >= 15 is 0 Å². The third kappa shape index (κ3) is 5.04. The van der Waals surface area contributed by atoms with Crippen LogP contribution in [0.5, 0.6) is 0 Å². The summed E-state index contributed by atoms with van der Waals surface area (Å²) >= 11 is 0. The van der Waals surface area contributed by atoms with E-state index in [2.05, 4.69) is 10.2 Å². The number of nitrogens with zero attached hydrogens (tertiary/aromatic N) is 1. The van der Waals surface area contributed by atoms with Crippen LogP contribution in [0, 0.1) is 0 Å². The van der Waals surface area contributed by atoms with Gasteiger partial charge in [0, 0.05) is 12.6 Å². The highest BCUT2D eigenvalue weighted by molar-refractivity contribution is 5.76. The van der Waals surface area contributed by atoms with Gasteiger partial charge in [-0.05, 0) is 32.4 Å². The molecule has 2 aliphatic heterocycles. The van der Waals surface area contributed by atoms with Crippen molar-refractivity contribution in [2.45, 2.75) is 56.6 Å². The van der Waals surface area contributed by atoms with E-state index in [9.17, 15) is 9.90 Å². The molecule has 5 atom stereocenters. The van der Waals surface area contributed by atoms with Crippen molar-refractivity contribution < 1.29 is 19.4 Å². The molecule has 0 aliphatic carbocycles. The molecule has 2 saturated heterocycles. The lowest BCUT2D eigenvalue weighted by atomic mass is 9.95. The van der Waals surface area contributed by atoms with Gasteiger partial charge >= 0.3 is 0 Å². The molecule has 0 saturated carbocycles. The number of aliphatic hydroxyl groups excluding tert-OH is 1. The molecule has 144 valence electrons. The van der Waals surface area contributed by atoms with Crippen LogP contribution in [0.15, 0.2) is 30.3 Å². The molecule has 26 heavy (non-hydrogen) atoms. The first kappa shape index (κ1) is 19.3. The first-order valence-corrected chi connectivity index (χ1v) is 9.48. The summed E-state index contributed by atoms with van der Waals surface area (Å²) in [4.78, 5) is 14.6. The third-order valence-electron chi connectivity index (χ3n) is 5.33. The van der Waals surface area contributed by atoms with Crippen molar-refractivity contribution in [3.05, 3.63) is 35.9 Å². The van der Waals surface area contributed by atoms with Crippen molar-refractivity contribution in [2.75, 3.05) is 26.8 Å². The molecule has 6 nitrogen and oxygen atoms in total. The minimum absolute atomic E-state index is 0.0142. The van der Waals surface area contributed by atoms with E-state index in [4.69, 9.17) is 9.47 Å². The maximum absolute atomic E-state index is 12.4. The van der Waals surface area contributed by atoms with Crippen molar-refractivity contribution >= 4 is 5.91 Å². The van der Waals surface area contributed by atoms with E-state index in [0.29, 0.717) is 26.2 Å². The Morgan fingerprint density at radius 3 is 2.85 bits per heavy atom. The van der Waals surface area contributed by atoms with Crippen LogP contribution in [0.3, 0.4) is 0 Å². The molecule has 0 aromatic heterocycles. The monoisotopic (exact) mass is 362 g/mol. The highest BCUT2D eigenvalue weighted by Gasteiger charge is 2.36. The molecule has 2 N–H and O–H groups in total. The second-order valence-electron chi connectivity index (χ2n) is 7.48. The minimum Gasteiger partial charge on any atom is -0.389 e. The quantitative estimate of drug-likeness (QED) is 0.849. The normalized spacial score (nSPS) is 31.3. The summed E-state index contributed by atoms with van der Waals surface area (Å²) in [6, 6.07) is 10.2. The largest absolute Gasteiger partial charge is 0.389 e. The Kier molecular flexibility index (Phi) is 6.64. The Labute approximate surface area is 155 Å². The van der Waals surface area contributed by atoms with Gasteiger partial charge in [0.1, 0.15) is 0 Å². The van der Waals surface area contributed by atoms with Gasteiger partial charge < -0.3 is 19.9 Å². The molecule has 6 heteroatoms. The third-order valence-corrected chi connectivity index (χ3v) is 5.33. The number of ether oxygens (including phenoxy) is 2. The lowest BCUT2D eigenvalue weighted by Gasteiger charge is -2.43. The van der Waals surface area contributed by atoms with Crippen LogP contribution in [0.25, 0.3) is 0 Å². The van der Waals surface area contributed by atoms with Gasteiger partial charge in [-0.15, -0.1) is 0 Å². The molecule has 0 unspecified atom stereocenters. The number of amides is 1. The predicted octanol–water partition coefficient (Wildman–Crippen LogP) is 1.49. The number of benzene rings is 1. The summed E-state index contributed by atoms with van der Waals surface area (Å²) in [6.07, 6.45) is 1.57. The highest BCUT2D eigenvalue weighted by Crippen LogP contribution is 2.27. The summed E-state index contributed by atoms with van der Waals surface area (Å²) in [6.45, 7) is 3.37. The Morgan fingerprint density at radius 1 is 1.31 bits per heavy atom. The Hall–Kier alpha value is -1.47. The van der Waals surface area contributed by atoms with Crippen LogP contribution in [-0.2, 0) is 14.3 Å². The van der Waals surface area contributed by atoms with Gasteiger partial charge in [0.2, 0.25) is 5.91 Å². The molecule has 0 spiro atoms. The average Bonchev–Trinajstić information content (AvgIpc) is 2.61. The number of hydrogen-bond donors (Lipinski definition) is 2. The van der Waals surface area contributed by atoms with Crippen LogP contribution >= 0.6 is 0 Å². The van der Waals surface area contributed by atoms with E-state index in [1.54, 1.807) is 0 Å². The van der Waals surface area contributed by atoms with E-state index < -0.39 is 6.10 Å². The Morgan fingerprint density at radius 2 is 2.08 bits per heavy atom. The van der Waals surface area contributed by atoms with E-state index in [1.165, 1.54) is 0 Å². The van der Waals surface area contributed by atoms with Crippen LogP contribution in [0.4, 0.5) is 0 Å². The predicted molar refractivity (Wildman–Crippen MR) is 98.8 cm³/mol. The lowest BCUT2D eigenvalue weighted by molar-refractivity contribution is -0.153. The van der Waals surface area contributed by atoms with Gasteiger partial charge in [-0.3, -0.25) is 9.69 Å². The van der Waals surface area contributed by atoms with Crippen LogP contribution in [0.1, 0.15) is 37.8 Å². The molecular formula is C20H30N2O4. The number of β-amino-alcohol motifs (C(OH)–C–C–N with tert-alkyl or cyclic N) is 1. The number of carbonyl (C=O) groups excluding carboxylic acids is 1. The van der Waals surface area contributed by atoms with Gasteiger partial charge in [0.05, 0.1) is 44.0 Å². The molecule has 0 radical (unpaired) electrons. The summed E-state index contributed by atoms with van der Waals surface area (Å²) < 4.78 is 11.8. The molecule has 0 bridgehead atoms. The van der Waals surface area contributed by atoms with E-state index in [0.717, 1.165) is 18.4 Å². The van der Waals surface area contributed by atoms with E-state index in [-0.39, 0.29) is 30.2 Å². The average molecular weight is 362 g/mol. The number of likely N-dealkylation sites (N-methyl/N-ethyl adjacent to an activating group) is 1. The molecule has 2 fully saturated rings. The van der Waals surface area contributed by atoms with E-state index in [1.807, 2.05) is 44.3 Å². The zero-order chi connectivity index (χ0) is 18.5. The van der Waals surface area contributed by atoms with Crippen LogP contribution < -0.4 is 5.32 Å². The minimum atomic E-state index is -0.455. The number of hydrogen-bond acceptors (Lipinski definition) is 5. The maximum Gasteiger partial charge on any atom is 0.223 e. The number of rotatable bonds is 4. The molecule has 1 aromatic rings. The van der Waals surface area contributed by atoms with Crippen LogP contribution in [0.2, 0.25) is 0 Å². The molecule has 2 heterocycles. The van der Waals surface area contributed by atoms with Gasteiger partial charge in [-0.1, -0.05) is 30.3 Å². The fraction of sp³-hybridized carbons (Fsp3) is 0.650. The molecule has 3 rings (SSSR count). The van der Waals surface area contributed by atoms with Crippen LogP contribution in [-0.4, -0.2) is 67.1 Å². The summed E-state index contributed by atoms with van der Waals surface area (Å²) in [7, 11) is 2.02. The zero-order valence-electron chi connectivity index (χ0n) is 15.6. The molecule has 2 aliphatic rings. The number of carbonyl (C=O) groups is 1. The summed E-state index contributed by atoms with van der Waals surface area (Å²) in [5.74, 6) is 0.0142. The second kappa shape index (κ2) is 8.95. The fourth-order valence-electron chi connectivity index (χ4n) is 3.93. The number of aliphatic hydroxyl groups is 1. The van der Waals surface area contributed by atoms with Gasteiger partial charge in [-0.25, -0.2) is 0 Å². The van der Waals surface area contributed by atoms with Crippen molar-refractivity contribution in [3.8, 4) is 0 Å². The van der Waals surface area contributed by atoms with Gasteiger partial charge in [-0.2, -0.15) is 0 Å². The maximum atomic E-state index is 12.4. The smallest absolute Gasteiger partial charge is 0.223 e. The Balaban J connectivity index is 1.51. The highest BCUT2D eigenvalue weighted by atomic mass is 16.5. The molecule has 1 aromatic carbocycles. The van der Waals surface area contributed by atoms with Crippen molar-refractivity contribution in [2.24, 2.45) is 0 Å². The summed E-state index contributed by atoms with van der Waals surface area (Å²) in [5.41, 5.74) is 1.10. The second-order valence-corrected chi connectivity index (χ2v) is 7.48.